The second kappa shape index (κ2) is 24.2. The van der Waals surface area contributed by atoms with Gasteiger partial charge in [0.15, 0.2) is 0 Å². The fraction of sp³-hybridized carbons (Fsp3) is 0.328. The Hall–Kier alpha value is -8.29. The molecule has 79 heavy (non-hydrogen) atoms. The van der Waals surface area contributed by atoms with Crippen LogP contribution in [-0.2, 0) is 25.4 Å². The van der Waals surface area contributed by atoms with Crippen LogP contribution in [0.2, 0.25) is 10.0 Å². The molecule has 2 aliphatic heterocycles. The number of hydrogen-bond acceptors (Lipinski definition) is 16. The molecular weight excluding hydrogens is 1050 g/mol. The molecule has 21 heteroatoms. The number of halogens is 2. The van der Waals surface area contributed by atoms with Crippen LogP contribution < -0.4 is 20.4 Å². The Kier molecular flexibility index (Phi) is 17.0. The maximum atomic E-state index is 12.4. The van der Waals surface area contributed by atoms with E-state index < -0.39 is 11.2 Å². The molecule has 2 saturated heterocycles. The summed E-state index contributed by atoms with van der Waals surface area (Å²) in [6.45, 7) is 18.6. The number of nitrogens with one attached hydrogen (secondary N) is 2. The smallest absolute Gasteiger partial charge is 0.410 e. The number of fused-ring (bicyclic) bond motifs is 3. The predicted molar refractivity (Wildman–Crippen MR) is 309 cm³/mol. The second-order valence-corrected chi connectivity index (χ2v) is 21.6. The van der Waals surface area contributed by atoms with Gasteiger partial charge < -0.3 is 49.0 Å². The van der Waals surface area contributed by atoms with Gasteiger partial charge in [0, 0.05) is 123 Å². The molecule has 0 spiro atoms. The average molecular weight is 1110 g/mol. The van der Waals surface area contributed by atoms with Gasteiger partial charge in [0.25, 0.3) is 0 Å². The summed E-state index contributed by atoms with van der Waals surface area (Å²) >= 11 is 12.7. The number of piperazine rings is 2. The minimum absolute atomic E-state index is 0.231. The van der Waals surface area contributed by atoms with E-state index in [2.05, 4.69) is 54.9 Å². The fourth-order valence-corrected chi connectivity index (χ4v) is 9.52. The molecule has 19 nitrogen and oxygen atoms in total. The first-order valence-corrected chi connectivity index (χ1v) is 26.8. The van der Waals surface area contributed by atoms with Gasteiger partial charge >= 0.3 is 18.2 Å². The summed E-state index contributed by atoms with van der Waals surface area (Å²) in [6, 6.07) is 23.3. The zero-order valence-electron chi connectivity index (χ0n) is 45.2. The van der Waals surface area contributed by atoms with Crippen LogP contribution in [0, 0.1) is 0 Å². The number of ether oxygens (including phenoxy) is 3. The number of hydrogen-bond donors (Lipinski definition) is 2. The molecule has 7 aromatic heterocycles. The lowest BCUT2D eigenvalue weighted by Gasteiger charge is -2.36. The van der Waals surface area contributed by atoms with Crippen LogP contribution in [0.1, 0.15) is 54.0 Å². The summed E-state index contributed by atoms with van der Waals surface area (Å²) in [5.74, 6) is 2.31. The number of carbonyl (C=O) groups excluding carboxylic acids is 3. The third-order valence-corrected chi connectivity index (χ3v) is 13.4. The van der Waals surface area contributed by atoms with Gasteiger partial charge in [-0.15, -0.1) is 0 Å². The topological polar surface area (TPSA) is 198 Å². The van der Waals surface area contributed by atoms with Gasteiger partial charge in [0.2, 0.25) is 0 Å². The van der Waals surface area contributed by atoms with Gasteiger partial charge in [-0.25, -0.2) is 29.5 Å². The van der Waals surface area contributed by atoms with Crippen molar-refractivity contribution in [2.75, 3.05) is 79.4 Å². The van der Waals surface area contributed by atoms with Crippen LogP contribution in [0.5, 0.6) is 0 Å². The minimum Gasteiger partial charge on any atom is -0.466 e. The summed E-state index contributed by atoms with van der Waals surface area (Å²) in [5.41, 5.74) is 6.24. The zero-order chi connectivity index (χ0) is 55.8. The molecule has 0 atom stereocenters. The molecule has 2 aliphatic rings. The van der Waals surface area contributed by atoms with E-state index in [1.807, 2.05) is 121 Å². The highest BCUT2D eigenvalue weighted by molar-refractivity contribution is 6.36. The SMILES string of the molecule is CC(C)(C)OC(=O)N1CCN(c2ccc(Nc3cc(Cl)c(-c4ccncc4Cl)cn3)nc2)CC1.CCOC(=O)Cc1ccc(-n2c3cnccc3c3cnc(Nc4ccc(N5CCN(C(=O)OC(C)(C)C)CC5)cn4)cc32)cc1. The van der Waals surface area contributed by atoms with Gasteiger partial charge in [-0.1, -0.05) is 35.3 Å². The number of esters is 1. The number of aromatic nitrogens is 7. The molecule has 10 rings (SSSR count). The Morgan fingerprint density at radius 1 is 0.532 bits per heavy atom. The lowest BCUT2D eigenvalue weighted by atomic mass is 10.1. The molecule has 0 saturated carbocycles. The first-order valence-electron chi connectivity index (χ1n) is 26.0. The number of benzene rings is 1. The van der Waals surface area contributed by atoms with E-state index in [1.54, 1.807) is 59.8 Å². The Labute approximate surface area is 468 Å². The van der Waals surface area contributed by atoms with E-state index in [4.69, 9.17) is 37.4 Å². The van der Waals surface area contributed by atoms with Crippen LogP contribution in [0.3, 0.4) is 0 Å². The van der Waals surface area contributed by atoms with Crippen LogP contribution in [0.4, 0.5) is 44.2 Å². The number of anilines is 6. The average Bonchev–Trinajstić information content (AvgIpc) is 4.01. The lowest BCUT2D eigenvalue weighted by molar-refractivity contribution is -0.142. The second-order valence-electron chi connectivity index (χ2n) is 20.8. The van der Waals surface area contributed by atoms with Crippen molar-refractivity contribution in [3.63, 3.8) is 0 Å². The van der Waals surface area contributed by atoms with Crippen molar-refractivity contribution in [3.05, 3.63) is 138 Å². The fourth-order valence-electron chi connectivity index (χ4n) is 9.04. The Balaban J connectivity index is 0.000000199. The molecule has 1 aromatic carbocycles. The van der Waals surface area contributed by atoms with Crippen molar-refractivity contribution in [2.24, 2.45) is 0 Å². The van der Waals surface area contributed by atoms with E-state index in [-0.39, 0.29) is 24.6 Å². The van der Waals surface area contributed by atoms with Gasteiger partial charge in [-0.2, -0.15) is 0 Å². The predicted octanol–water partition coefficient (Wildman–Crippen LogP) is 11.5. The number of pyridine rings is 6. The number of amides is 2. The first-order chi connectivity index (χ1) is 37.9. The van der Waals surface area contributed by atoms with E-state index in [0.717, 1.165) is 55.6 Å². The monoisotopic (exact) mass is 1110 g/mol. The molecule has 9 heterocycles. The third-order valence-electron chi connectivity index (χ3n) is 12.8. The highest BCUT2D eigenvalue weighted by atomic mass is 35.5. The van der Waals surface area contributed by atoms with Crippen molar-refractivity contribution in [1.82, 2.24) is 44.3 Å². The third kappa shape index (κ3) is 14.1. The summed E-state index contributed by atoms with van der Waals surface area (Å²) in [4.78, 5) is 71.2. The molecule has 0 aliphatic carbocycles. The van der Waals surface area contributed by atoms with Crippen molar-refractivity contribution >= 4 is 97.8 Å². The van der Waals surface area contributed by atoms with E-state index in [1.165, 1.54) is 0 Å². The summed E-state index contributed by atoms with van der Waals surface area (Å²) in [7, 11) is 0. The Bertz CT molecular complexity index is 3430. The van der Waals surface area contributed by atoms with Gasteiger partial charge in [0.1, 0.15) is 34.5 Å². The van der Waals surface area contributed by atoms with Crippen molar-refractivity contribution < 1.29 is 28.6 Å². The van der Waals surface area contributed by atoms with Gasteiger partial charge in [0.05, 0.1) is 64.1 Å². The standard InChI is InChI=1S/C34H37N7O4.C24H26Cl2N6O2/c1-5-44-32(42)18-23-6-8-24(9-7-23)41-28-19-31(37-21-27(28)26-12-13-35-22-29(26)41)38-30-11-10-25(20-36-30)39-14-16-40(17-15-39)33(43)45-34(2,3)4;1-24(2,3)34-23(33)32-10-8-31(9-11-32)16-4-5-21(28-13-16)30-22-12-19(25)18(14-29-22)17-6-7-27-15-20(17)26/h6-13,19-22H,5,14-18H2,1-4H3,(H,36,37,38);4-7,12-15H,8-11H2,1-3H3,(H,28,29,30). The number of carbonyl (C=O) groups is 3. The largest absolute Gasteiger partial charge is 0.466 e. The molecule has 2 fully saturated rings. The van der Waals surface area contributed by atoms with Crippen LogP contribution >= 0.6 is 23.2 Å². The summed E-state index contributed by atoms with van der Waals surface area (Å²) in [5, 5.41) is 9.59. The number of rotatable bonds is 11. The van der Waals surface area contributed by atoms with Crippen LogP contribution in [-0.4, -0.2) is 133 Å². The Morgan fingerprint density at radius 2 is 1.05 bits per heavy atom. The Morgan fingerprint density at radius 3 is 1.57 bits per heavy atom. The van der Waals surface area contributed by atoms with Crippen LogP contribution in [0.15, 0.2) is 122 Å². The van der Waals surface area contributed by atoms with Crippen LogP contribution in [0.25, 0.3) is 38.6 Å². The van der Waals surface area contributed by atoms with E-state index in [9.17, 15) is 14.4 Å². The molecule has 0 bridgehead atoms. The molecule has 410 valence electrons. The highest BCUT2D eigenvalue weighted by Gasteiger charge is 2.28. The zero-order valence-corrected chi connectivity index (χ0v) is 46.8. The minimum atomic E-state index is -0.508. The quantitative estimate of drug-likeness (QED) is 0.0915. The van der Waals surface area contributed by atoms with Crippen molar-refractivity contribution in [3.8, 4) is 16.8 Å². The van der Waals surface area contributed by atoms with Gasteiger partial charge in [-0.3, -0.25) is 14.8 Å². The number of nitrogens with zero attached hydrogens (tertiary/aromatic N) is 11. The van der Waals surface area contributed by atoms with Crippen molar-refractivity contribution in [1.29, 1.82) is 0 Å². The van der Waals surface area contributed by atoms with E-state index >= 15 is 0 Å². The maximum Gasteiger partial charge on any atom is 0.410 e. The maximum absolute atomic E-state index is 12.4. The van der Waals surface area contributed by atoms with E-state index in [0.29, 0.717) is 92.3 Å². The van der Waals surface area contributed by atoms with Gasteiger partial charge in [-0.05, 0) is 103 Å². The van der Waals surface area contributed by atoms with Crippen molar-refractivity contribution in [2.45, 2.75) is 66.1 Å². The first kappa shape index (κ1) is 55.5. The molecule has 2 N–H and O–H groups in total. The highest BCUT2D eigenvalue weighted by Crippen LogP contribution is 2.35. The molecular formula is C58H63Cl2N13O6. The molecule has 0 unspecified atom stereocenters. The molecule has 2 amide bonds. The summed E-state index contributed by atoms with van der Waals surface area (Å²) < 4.78 is 18.2. The normalized spacial score (nSPS) is 13.9. The lowest BCUT2D eigenvalue weighted by Crippen LogP contribution is -2.50. The molecule has 8 aromatic rings. The molecule has 0 radical (unpaired) electrons. The summed E-state index contributed by atoms with van der Waals surface area (Å²) in [6.07, 6.45) is 13.7.